The first-order valence-electron chi connectivity index (χ1n) is 17.5. The van der Waals surface area contributed by atoms with Crippen molar-refractivity contribution in [1.29, 1.82) is 0 Å². The van der Waals surface area contributed by atoms with Crippen LogP contribution in [-0.4, -0.2) is 134 Å². The minimum Gasteiger partial charge on any atom is -0.442 e. The summed E-state index contributed by atoms with van der Waals surface area (Å²) >= 11 is 0. The van der Waals surface area contributed by atoms with Crippen LogP contribution >= 0.6 is 0 Å². The second-order valence-electron chi connectivity index (χ2n) is 14.1. The van der Waals surface area contributed by atoms with Gasteiger partial charge in [0.2, 0.25) is 17.8 Å². The van der Waals surface area contributed by atoms with Crippen LogP contribution in [-0.2, 0) is 14.3 Å². The Bertz CT molecular complexity index is 1440. The summed E-state index contributed by atoms with van der Waals surface area (Å²) in [5, 5.41) is 21.3. The van der Waals surface area contributed by atoms with Crippen molar-refractivity contribution in [3.8, 4) is 0 Å². The first-order chi connectivity index (χ1) is 22.9. The fraction of sp³-hybridized carbons (Fsp3) is 0.727. The molecule has 14 heteroatoms. The predicted octanol–water partition coefficient (Wildman–Crippen LogP) is 2.61. The maximum Gasteiger partial charge on any atom is 0.410 e. The van der Waals surface area contributed by atoms with Crippen molar-refractivity contribution in [2.24, 2.45) is 0 Å². The Balaban J connectivity index is 0.931. The van der Waals surface area contributed by atoms with Crippen LogP contribution in [0.2, 0.25) is 0 Å². The summed E-state index contributed by atoms with van der Waals surface area (Å²) in [4.78, 5) is 41.6. The summed E-state index contributed by atoms with van der Waals surface area (Å²) < 4.78 is 13.2. The van der Waals surface area contributed by atoms with Crippen LogP contribution in [0.1, 0.15) is 76.7 Å². The second kappa shape index (κ2) is 13.9. The van der Waals surface area contributed by atoms with Gasteiger partial charge in [-0.05, 0) is 63.8 Å². The zero-order chi connectivity index (χ0) is 32.5. The highest BCUT2D eigenvalue weighted by Gasteiger charge is 2.46. The van der Waals surface area contributed by atoms with Gasteiger partial charge in [-0.3, -0.25) is 9.69 Å². The molecule has 0 spiro atoms. The molecule has 5 aliphatic rings. The lowest BCUT2D eigenvalue weighted by molar-refractivity contribution is -0.136. The van der Waals surface area contributed by atoms with Crippen LogP contribution in [0.5, 0.6) is 0 Å². The van der Waals surface area contributed by atoms with Crippen LogP contribution in [0.3, 0.4) is 0 Å². The average molecular weight is 652 g/mol. The number of nitrogens with one attached hydrogen (secondary N) is 2. The minimum absolute atomic E-state index is 0.0633. The Morgan fingerprint density at radius 1 is 1.06 bits per heavy atom. The number of aliphatic hydroxyl groups is 1. The van der Waals surface area contributed by atoms with Crippen LogP contribution in [0.25, 0.3) is 5.65 Å². The molecule has 14 nitrogen and oxygen atoms in total. The standard InChI is InChI=1S/C33H49N9O5/c1-21(2)28-17-34-42-30(28)37-31(35-22-9-13-46-14-10-22)38-32(42)36-23-15-24-7-8-25(16-23)41(24)33(45)47-27-18-40(19-27)29(44)6-4-12-39-11-3-5-26(39)20-43/h4,6,17,21-27,43H,3,5,7-16,18-20H2,1-2H3,(H2,35,36,37,38)/b6-4+/t23?,24?,25?,26-/m0/s1. The lowest BCUT2D eigenvalue weighted by Crippen LogP contribution is -2.57. The number of anilines is 2. The molecular weight excluding hydrogens is 602 g/mol. The zero-order valence-corrected chi connectivity index (χ0v) is 27.6. The largest absolute Gasteiger partial charge is 0.442 e. The van der Waals surface area contributed by atoms with E-state index in [1.807, 2.05) is 21.7 Å². The van der Waals surface area contributed by atoms with Gasteiger partial charge in [0.25, 0.3) is 0 Å². The lowest BCUT2D eigenvalue weighted by atomic mass is 9.98. The molecule has 2 unspecified atom stereocenters. The van der Waals surface area contributed by atoms with Crippen molar-refractivity contribution in [2.75, 3.05) is 56.6 Å². The van der Waals surface area contributed by atoms with E-state index in [4.69, 9.17) is 19.4 Å². The molecule has 3 atom stereocenters. The molecule has 0 saturated carbocycles. The summed E-state index contributed by atoms with van der Waals surface area (Å²) in [7, 11) is 0. The normalized spacial score (nSPS) is 27.2. The van der Waals surface area contributed by atoms with Crippen LogP contribution in [0.4, 0.5) is 16.7 Å². The monoisotopic (exact) mass is 651 g/mol. The third kappa shape index (κ3) is 6.91. The third-order valence-corrected chi connectivity index (χ3v) is 10.6. The molecule has 5 saturated heterocycles. The van der Waals surface area contributed by atoms with E-state index < -0.39 is 0 Å². The van der Waals surface area contributed by atoms with Crippen molar-refractivity contribution in [3.05, 3.63) is 23.9 Å². The zero-order valence-electron chi connectivity index (χ0n) is 27.6. The van der Waals surface area contributed by atoms with E-state index in [1.54, 1.807) is 11.0 Å². The van der Waals surface area contributed by atoms with Gasteiger partial charge in [-0.2, -0.15) is 19.6 Å². The van der Waals surface area contributed by atoms with Gasteiger partial charge >= 0.3 is 6.09 Å². The molecule has 0 radical (unpaired) electrons. The van der Waals surface area contributed by atoms with E-state index >= 15 is 0 Å². The first kappa shape index (κ1) is 32.1. The van der Waals surface area contributed by atoms with Gasteiger partial charge in [0.1, 0.15) is 6.10 Å². The Hall–Kier alpha value is -3.49. The number of carbonyl (C=O) groups excluding carboxylic acids is 2. The average Bonchev–Trinajstić information content (AvgIpc) is 3.75. The second-order valence-corrected chi connectivity index (χ2v) is 14.1. The SMILES string of the molecule is CC(C)c1cnn2c(NC3CC4CCC(C3)N4C(=O)OC3CN(C(=O)/C=C/CN4CCC[C@H]4CO)C3)nc(NC3CCOCC3)nc12. The van der Waals surface area contributed by atoms with E-state index in [0.29, 0.717) is 31.5 Å². The maximum absolute atomic E-state index is 13.3. The van der Waals surface area contributed by atoms with Crippen molar-refractivity contribution in [2.45, 2.75) is 107 Å². The molecule has 0 aliphatic carbocycles. The van der Waals surface area contributed by atoms with Gasteiger partial charge in [-0.25, -0.2) is 4.79 Å². The van der Waals surface area contributed by atoms with Crippen LogP contribution in [0.15, 0.2) is 18.3 Å². The lowest BCUT2D eigenvalue weighted by Gasteiger charge is -2.42. The number of nitrogens with zero attached hydrogens (tertiary/aromatic N) is 7. The molecule has 256 valence electrons. The number of rotatable bonds is 10. The number of hydrogen-bond acceptors (Lipinski definition) is 11. The van der Waals surface area contributed by atoms with Gasteiger partial charge in [0.15, 0.2) is 5.65 Å². The highest BCUT2D eigenvalue weighted by atomic mass is 16.6. The highest BCUT2D eigenvalue weighted by Crippen LogP contribution is 2.38. The molecule has 7 rings (SSSR count). The Morgan fingerprint density at radius 3 is 2.55 bits per heavy atom. The molecule has 7 heterocycles. The summed E-state index contributed by atoms with van der Waals surface area (Å²) in [6.07, 6.45) is 12.2. The number of amides is 2. The molecule has 47 heavy (non-hydrogen) atoms. The van der Waals surface area contributed by atoms with Crippen molar-refractivity contribution < 1.29 is 24.2 Å². The number of aromatic nitrogens is 4. The van der Waals surface area contributed by atoms with Gasteiger partial charge in [-0.1, -0.05) is 19.9 Å². The van der Waals surface area contributed by atoms with Gasteiger partial charge in [0, 0.05) is 61.6 Å². The van der Waals surface area contributed by atoms with E-state index in [2.05, 4.69) is 34.5 Å². The highest BCUT2D eigenvalue weighted by molar-refractivity contribution is 5.88. The van der Waals surface area contributed by atoms with E-state index in [9.17, 15) is 14.7 Å². The van der Waals surface area contributed by atoms with Gasteiger partial charge in [-0.15, -0.1) is 0 Å². The Labute approximate surface area is 275 Å². The van der Waals surface area contributed by atoms with Crippen molar-refractivity contribution >= 4 is 29.5 Å². The summed E-state index contributed by atoms with van der Waals surface area (Å²) in [5.74, 6) is 1.48. The molecule has 2 bridgehead atoms. The Morgan fingerprint density at radius 2 is 1.83 bits per heavy atom. The molecule has 0 aromatic carbocycles. The topological polar surface area (TPSA) is 150 Å². The first-order valence-corrected chi connectivity index (χ1v) is 17.5. The molecular formula is C33H49N9O5. The number of fused-ring (bicyclic) bond motifs is 3. The minimum atomic E-state index is -0.279. The number of ether oxygens (including phenoxy) is 2. The van der Waals surface area contributed by atoms with Crippen LogP contribution in [0, 0.1) is 0 Å². The Kier molecular flexibility index (Phi) is 9.51. The number of carbonyl (C=O) groups is 2. The number of aliphatic hydroxyl groups excluding tert-OH is 1. The number of likely N-dealkylation sites (tertiary alicyclic amines) is 2. The third-order valence-electron chi connectivity index (χ3n) is 10.6. The molecule has 2 amide bonds. The molecule has 5 fully saturated rings. The summed E-state index contributed by atoms with van der Waals surface area (Å²) in [5.41, 5.74) is 1.88. The van der Waals surface area contributed by atoms with E-state index in [-0.39, 0.29) is 60.8 Å². The van der Waals surface area contributed by atoms with E-state index in [1.165, 1.54) is 0 Å². The van der Waals surface area contributed by atoms with Gasteiger partial charge < -0.3 is 35.0 Å². The van der Waals surface area contributed by atoms with Gasteiger partial charge in [0.05, 0.1) is 25.9 Å². The summed E-state index contributed by atoms with van der Waals surface area (Å²) in [6, 6.07) is 0.776. The quantitative estimate of drug-likeness (QED) is 0.326. The smallest absolute Gasteiger partial charge is 0.410 e. The van der Waals surface area contributed by atoms with E-state index in [0.717, 1.165) is 82.3 Å². The predicted molar refractivity (Wildman–Crippen MR) is 175 cm³/mol. The fourth-order valence-electron chi connectivity index (χ4n) is 7.89. The number of piperidine rings is 1. The number of hydrogen-bond donors (Lipinski definition) is 3. The molecule has 2 aromatic heterocycles. The molecule has 2 aromatic rings. The van der Waals surface area contributed by atoms with Crippen LogP contribution < -0.4 is 10.6 Å². The maximum atomic E-state index is 13.3. The van der Waals surface area contributed by atoms with Crippen molar-refractivity contribution in [3.63, 3.8) is 0 Å². The molecule has 3 N–H and O–H groups in total. The fourth-order valence-corrected chi connectivity index (χ4v) is 7.89. The molecule has 5 aliphatic heterocycles. The summed E-state index contributed by atoms with van der Waals surface area (Å²) in [6.45, 7) is 8.36. The van der Waals surface area contributed by atoms with Crippen molar-refractivity contribution in [1.82, 2.24) is 34.3 Å².